The van der Waals surface area contributed by atoms with Crippen LogP contribution in [0.5, 0.6) is 11.5 Å². The van der Waals surface area contributed by atoms with Crippen LogP contribution in [0.4, 0.5) is 8.78 Å². The Morgan fingerprint density at radius 1 is 1.10 bits per heavy atom. The Morgan fingerprint density at radius 2 is 1.83 bits per heavy atom. The van der Waals surface area contributed by atoms with Crippen molar-refractivity contribution in [1.29, 1.82) is 0 Å². The summed E-state index contributed by atoms with van der Waals surface area (Å²) in [5.74, 6) is -2.51. The number of ether oxygens (including phenoxy) is 3. The van der Waals surface area contributed by atoms with E-state index in [0.29, 0.717) is 24.5 Å². The van der Waals surface area contributed by atoms with Gasteiger partial charge in [0.15, 0.2) is 6.61 Å². The van der Waals surface area contributed by atoms with Crippen molar-refractivity contribution in [3.05, 3.63) is 59.2 Å². The monoisotopic (exact) mass is 405 g/mol. The molecule has 1 aliphatic rings. The molecule has 1 atom stereocenters. The van der Waals surface area contributed by atoms with Gasteiger partial charge in [-0.2, -0.15) is 0 Å². The van der Waals surface area contributed by atoms with Crippen molar-refractivity contribution in [2.24, 2.45) is 0 Å². The van der Waals surface area contributed by atoms with Gasteiger partial charge in [-0.3, -0.25) is 4.79 Å². The molecule has 1 heterocycles. The predicted octanol–water partition coefficient (Wildman–Crippen LogP) is 3.50. The van der Waals surface area contributed by atoms with Crippen LogP contribution < -0.4 is 9.47 Å². The Hall–Kier alpha value is -3.16. The molecule has 1 fully saturated rings. The molecule has 0 unspecified atom stereocenters. The Bertz CT molecular complexity index is 898. The summed E-state index contributed by atoms with van der Waals surface area (Å²) >= 11 is 0. The molecule has 8 heteroatoms. The topological polar surface area (TPSA) is 65.1 Å². The van der Waals surface area contributed by atoms with Crippen molar-refractivity contribution in [2.45, 2.75) is 18.9 Å². The molecule has 3 rings (SSSR count). The van der Waals surface area contributed by atoms with Crippen LogP contribution in [0.3, 0.4) is 0 Å². The average Bonchev–Trinajstić information content (AvgIpc) is 3.21. The van der Waals surface area contributed by atoms with Gasteiger partial charge in [-0.15, -0.1) is 0 Å². The van der Waals surface area contributed by atoms with Crippen molar-refractivity contribution < 1.29 is 32.6 Å². The van der Waals surface area contributed by atoms with E-state index in [0.717, 1.165) is 30.2 Å². The van der Waals surface area contributed by atoms with Crippen molar-refractivity contribution in [3.63, 3.8) is 0 Å². The summed E-state index contributed by atoms with van der Waals surface area (Å²) in [7, 11) is 3.08. The van der Waals surface area contributed by atoms with Crippen molar-refractivity contribution in [3.8, 4) is 11.5 Å². The number of carbonyl (C=O) groups is 2. The smallest absolute Gasteiger partial charge is 0.344 e. The van der Waals surface area contributed by atoms with Gasteiger partial charge in [0.25, 0.3) is 5.91 Å². The Balaban J connectivity index is 1.73. The minimum Gasteiger partial charge on any atom is -0.497 e. The molecule has 0 spiro atoms. The molecule has 0 bridgehead atoms. The van der Waals surface area contributed by atoms with E-state index in [1.807, 2.05) is 0 Å². The van der Waals surface area contributed by atoms with Gasteiger partial charge in [0.2, 0.25) is 0 Å². The molecular formula is C21H21F2NO5. The number of nitrogens with zero attached hydrogens (tertiary/aromatic N) is 1. The second kappa shape index (κ2) is 8.89. The van der Waals surface area contributed by atoms with E-state index in [1.165, 1.54) is 7.11 Å². The van der Waals surface area contributed by atoms with Crippen LogP contribution >= 0.6 is 0 Å². The third kappa shape index (κ3) is 4.31. The van der Waals surface area contributed by atoms with Gasteiger partial charge in [0.1, 0.15) is 28.7 Å². The van der Waals surface area contributed by atoms with E-state index in [1.54, 1.807) is 30.2 Å². The van der Waals surface area contributed by atoms with E-state index in [4.69, 9.17) is 14.2 Å². The third-order valence-electron chi connectivity index (χ3n) is 4.86. The summed E-state index contributed by atoms with van der Waals surface area (Å²) in [6.07, 6.45) is 1.46. The molecule has 0 saturated carbocycles. The zero-order chi connectivity index (χ0) is 21.0. The summed E-state index contributed by atoms with van der Waals surface area (Å²) in [4.78, 5) is 26.3. The molecule has 2 aromatic rings. The first-order chi connectivity index (χ1) is 14.0. The average molecular weight is 405 g/mol. The SMILES string of the molecule is COc1ccc(OC)c([C@H]2CCCN2C(=O)COC(=O)c2c(F)cccc2F)c1. The van der Waals surface area contributed by atoms with E-state index in [2.05, 4.69) is 0 Å². The molecule has 0 aromatic heterocycles. The maximum atomic E-state index is 13.7. The highest BCUT2D eigenvalue weighted by molar-refractivity contribution is 5.92. The number of methoxy groups -OCH3 is 2. The number of hydrogen-bond acceptors (Lipinski definition) is 5. The number of hydrogen-bond donors (Lipinski definition) is 0. The normalized spacial score (nSPS) is 15.9. The molecule has 1 amide bonds. The number of halogens is 2. The summed E-state index contributed by atoms with van der Waals surface area (Å²) in [5.41, 5.74) is -0.0306. The van der Waals surface area contributed by atoms with Gasteiger partial charge in [-0.05, 0) is 43.2 Å². The maximum Gasteiger partial charge on any atom is 0.344 e. The van der Waals surface area contributed by atoms with Gasteiger partial charge in [0.05, 0.1) is 20.3 Å². The number of carbonyl (C=O) groups excluding carboxylic acids is 2. The zero-order valence-electron chi connectivity index (χ0n) is 16.1. The fourth-order valence-corrected chi connectivity index (χ4v) is 3.46. The first kappa shape index (κ1) is 20.6. The molecule has 1 aliphatic heterocycles. The molecular weight excluding hydrogens is 384 g/mol. The van der Waals surface area contributed by atoms with Crippen LogP contribution in [-0.4, -0.2) is 44.1 Å². The lowest BCUT2D eigenvalue weighted by molar-refractivity contribution is -0.135. The van der Waals surface area contributed by atoms with Gasteiger partial charge in [0, 0.05) is 12.1 Å². The molecule has 0 aliphatic carbocycles. The largest absolute Gasteiger partial charge is 0.497 e. The van der Waals surface area contributed by atoms with Crippen molar-refractivity contribution in [1.82, 2.24) is 4.90 Å². The Kier molecular flexibility index (Phi) is 6.31. The highest BCUT2D eigenvalue weighted by Gasteiger charge is 2.33. The number of benzene rings is 2. The quantitative estimate of drug-likeness (QED) is 0.689. The molecule has 1 saturated heterocycles. The number of esters is 1. The molecule has 154 valence electrons. The maximum absolute atomic E-state index is 13.7. The van der Waals surface area contributed by atoms with Crippen LogP contribution in [-0.2, 0) is 9.53 Å². The first-order valence-electron chi connectivity index (χ1n) is 9.08. The second-order valence-electron chi connectivity index (χ2n) is 6.53. The summed E-state index contributed by atoms with van der Waals surface area (Å²) in [5, 5.41) is 0. The molecule has 29 heavy (non-hydrogen) atoms. The molecule has 0 N–H and O–H groups in total. The number of rotatable bonds is 6. The first-order valence-corrected chi connectivity index (χ1v) is 9.08. The molecule has 2 aromatic carbocycles. The number of amides is 1. The second-order valence-corrected chi connectivity index (χ2v) is 6.53. The van der Waals surface area contributed by atoms with Crippen molar-refractivity contribution in [2.75, 3.05) is 27.4 Å². The van der Waals surface area contributed by atoms with Gasteiger partial charge < -0.3 is 19.1 Å². The molecule has 0 radical (unpaired) electrons. The van der Waals surface area contributed by atoms with Gasteiger partial charge in [-0.1, -0.05) is 6.07 Å². The van der Waals surface area contributed by atoms with E-state index < -0.39 is 35.7 Å². The number of likely N-dealkylation sites (tertiary alicyclic amines) is 1. The van der Waals surface area contributed by atoms with Crippen LogP contribution in [0, 0.1) is 11.6 Å². The van der Waals surface area contributed by atoms with Crippen LogP contribution in [0.1, 0.15) is 34.8 Å². The highest BCUT2D eigenvalue weighted by atomic mass is 19.1. The van der Waals surface area contributed by atoms with Gasteiger partial charge >= 0.3 is 5.97 Å². The van der Waals surface area contributed by atoms with Crippen LogP contribution in [0.2, 0.25) is 0 Å². The fourth-order valence-electron chi connectivity index (χ4n) is 3.46. The van der Waals surface area contributed by atoms with Crippen LogP contribution in [0.15, 0.2) is 36.4 Å². The van der Waals surface area contributed by atoms with E-state index in [-0.39, 0.29) is 6.04 Å². The third-order valence-corrected chi connectivity index (χ3v) is 4.86. The summed E-state index contributed by atoms with van der Waals surface area (Å²) < 4.78 is 43.0. The summed E-state index contributed by atoms with van der Waals surface area (Å²) in [6.45, 7) is -0.148. The summed E-state index contributed by atoms with van der Waals surface area (Å²) in [6, 6.07) is 8.08. The minimum atomic E-state index is -1.22. The predicted molar refractivity (Wildman–Crippen MR) is 99.9 cm³/mol. The highest BCUT2D eigenvalue weighted by Crippen LogP contribution is 2.38. The Morgan fingerprint density at radius 3 is 2.48 bits per heavy atom. The van der Waals surface area contributed by atoms with E-state index in [9.17, 15) is 18.4 Å². The minimum absolute atomic E-state index is 0.281. The molecule has 6 nitrogen and oxygen atoms in total. The Labute approximate surface area is 167 Å². The lowest BCUT2D eigenvalue weighted by Crippen LogP contribution is -2.34. The van der Waals surface area contributed by atoms with E-state index >= 15 is 0 Å². The van der Waals surface area contributed by atoms with Crippen molar-refractivity contribution >= 4 is 11.9 Å². The zero-order valence-corrected chi connectivity index (χ0v) is 16.1. The lowest BCUT2D eigenvalue weighted by atomic mass is 10.0. The van der Waals surface area contributed by atoms with Crippen LogP contribution in [0.25, 0.3) is 0 Å². The fraction of sp³-hybridized carbons (Fsp3) is 0.333. The van der Waals surface area contributed by atoms with Gasteiger partial charge in [-0.25, -0.2) is 13.6 Å². The standard InChI is InChI=1S/C21H21F2NO5/c1-27-13-8-9-18(28-2)14(11-13)17-7-4-10-24(17)19(25)12-29-21(26)20-15(22)5-3-6-16(20)23/h3,5-6,8-9,11,17H,4,7,10,12H2,1-2H3/t17-/m1/s1. The lowest BCUT2D eigenvalue weighted by Gasteiger charge is -2.26.